The number of rotatable bonds is 6. The molecule has 0 radical (unpaired) electrons. The van der Waals surface area contributed by atoms with Gasteiger partial charge in [0.1, 0.15) is 16.5 Å². The number of carbonyl (C=O) groups excluding carboxylic acids is 1. The van der Waals surface area contributed by atoms with E-state index in [0.717, 1.165) is 27.4 Å². The van der Waals surface area contributed by atoms with Crippen LogP contribution in [0.4, 0.5) is 5.13 Å². The van der Waals surface area contributed by atoms with Crippen LogP contribution in [0.1, 0.15) is 18.1 Å². The van der Waals surface area contributed by atoms with Crippen molar-refractivity contribution >= 4 is 22.4 Å². The Bertz CT molecular complexity index is 938. The number of methoxy groups -OCH3 is 1. The highest BCUT2D eigenvalue weighted by Crippen LogP contribution is 2.28. The SMILES string of the molecule is COc1ccc(-c2nnc(NC(=O)[C@@H](C)Oc3cccc(C)c3C)s2)cc1. The first-order chi connectivity index (χ1) is 13.0. The summed E-state index contributed by atoms with van der Waals surface area (Å²) in [7, 11) is 1.62. The first-order valence-electron chi connectivity index (χ1n) is 8.49. The molecule has 2 aromatic carbocycles. The number of nitrogens with zero attached hydrogens (tertiary/aromatic N) is 2. The number of amides is 1. The summed E-state index contributed by atoms with van der Waals surface area (Å²) in [5.74, 6) is 1.20. The number of benzene rings is 2. The van der Waals surface area contributed by atoms with E-state index in [-0.39, 0.29) is 5.91 Å². The molecule has 7 heteroatoms. The lowest BCUT2D eigenvalue weighted by Crippen LogP contribution is -2.30. The largest absolute Gasteiger partial charge is 0.497 e. The molecule has 0 fully saturated rings. The van der Waals surface area contributed by atoms with Crippen LogP contribution in [0.5, 0.6) is 11.5 Å². The minimum absolute atomic E-state index is 0.270. The summed E-state index contributed by atoms with van der Waals surface area (Å²) in [5.41, 5.74) is 3.05. The molecule has 3 aromatic rings. The summed E-state index contributed by atoms with van der Waals surface area (Å²) in [6.45, 7) is 5.69. The van der Waals surface area contributed by atoms with Gasteiger partial charge in [0, 0.05) is 5.56 Å². The Morgan fingerprint density at radius 1 is 1.11 bits per heavy atom. The van der Waals surface area contributed by atoms with Crippen LogP contribution < -0.4 is 14.8 Å². The predicted octanol–water partition coefficient (Wildman–Crippen LogP) is 4.24. The molecule has 140 valence electrons. The fourth-order valence-corrected chi connectivity index (χ4v) is 3.18. The third-order valence-electron chi connectivity index (χ3n) is 4.22. The number of ether oxygens (including phenoxy) is 2. The lowest BCUT2D eigenvalue weighted by Gasteiger charge is -2.16. The van der Waals surface area contributed by atoms with Gasteiger partial charge in [-0.1, -0.05) is 23.5 Å². The molecule has 0 spiro atoms. The number of carbonyl (C=O) groups is 1. The van der Waals surface area contributed by atoms with Crippen LogP contribution in [0.3, 0.4) is 0 Å². The molecular formula is C20H21N3O3S. The summed E-state index contributed by atoms with van der Waals surface area (Å²) in [4.78, 5) is 12.4. The van der Waals surface area contributed by atoms with Gasteiger partial charge in [0.05, 0.1) is 7.11 Å². The van der Waals surface area contributed by atoms with E-state index in [4.69, 9.17) is 9.47 Å². The van der Waals surface area contributed by atoms with Crippen LogP contribution in [-0.2, 0) is 4.79 Å². The second-order valence-electron chi connectivity index (χ2n) is 6.09. The lowest BCUT2D eigenvalue weighted by molar-refractivity contribution is -0.122. The molecule has 6 nitrogen and oxygen atoms in total. The van der Waals surface area contributed by atoms with Crippen LogP contribution in [-0.4, -0.2) is 29.3 Å². The summed E-state index contributed by atoms with van der Waals surface area (Å²) in [5, 5.41) is 12.1. The van der Waals surface area contributed by atoms with E-state index in [0.29, 0.717) is 10.9 Å². The van der Waals surface area contributed by atoms with Gasteiger partial charge in [-0.3, -0.25) is 10.1 Å². The summed E-state index contributed by atoms with van der Waals surface area (Å²) in [6, 6.07) is 13.3. The second kappa shape index (κ2) is 8.18. The molecule has 1 atom stereocenters. The molecule has 27 heavy (non-hydrogen) atoms. The van der Waals surface area contributed by atoms with Crippen molar-refractivity contribution in [1.82, 2.24) is 10.2 Å². The number of anilines is 1. The molecule has 1 heterocycles. The molecule has 1 amide bonds. The van der Waals surface area contributed by atoms with Crippen molar-refractivity contribution in [2.45, 2.75) is 26.9 Å². The van der Waals surface area contributed by atoms with Gasteiger partial charge >= 0.3 is 0 Å². The highest BCUT2D eigenvalue weighted by Gasteiger charge is 2.18. The highest BCUT2D eigenvalue weighted by atomic mass is 32.1. The molecule has 0 aliphatic rings. The molecule has 0 aliphatic heterocycles. The first kappa shape index (κ1) is 18.8. The van der Waals surface area contributed by atoms with Crippen molar-refractivity contribution in [3.8, 4) is 22.1 Å². The summed E-state index contributed by atoms with van der Waals surface area (Å²) < 4.78 is 11.0. The number of aryl methyl sites for hydroxylation is 1. The van der Waals surface area contributed by atoms with Gasteiger partial charge in [0.2, 0.25) is 5.13 Å². The van der Waals surface area contributed by atoms with Gasteiger partial charge in [-0.25, -0.2) is 0 Å². The Morgan fingerprint density at radius 3 is 2.56 bits per heavy atom. The molecule has 0 aliphatic carbocycles. The normalized spacial score (nSPS) is 11.7. The molecule has 0 saturated heterocycles. The van der Waals surface area contributed by atoms with Crippen molar-refractivity contribution in [3.63, 3.8) is 0 Å². The molecule has 0 unspecified atom stereocenters. The highest BCUT2D eigenvalue weighted by molar-refractivity contribution is 7.18. The van der Waals surface area contributed by atoms with Gasteiger partial charge in [0.25, 0.3) is 5.91 Å². The van der Waals surface area contributed by atoms with Gasteiger partial charge in [-0.2, -0.15) is 0 Å². The zero-order valence-corrected chi connectivity index (χ0v) is 16.5. The average Bonchev–Trinajstić information content (AvgIpc) is 3.14. The van der Waals surface area contributed by atoms with Crippen LogP contribution in [0, 0.1) is 13.8 Å². The number of hydrogen-bond acceptors (Lipinski definition) is 6. The summed E-state index contributed by atoms with van der Waals surface area (Å²) in [6.07, 6.45) is -0.654. The lowest BCUT2D eigenvalue weighted by atomic mass is 10.1. The minimum atomic E-state index is -0.654. The first-order valence-corrected chi connectivity index (χ1v) is 9.31. The van der Waals surface area contributed by atoms with Gasteiger partial charge in [-0.05, 0) is 62.2 Å². The van der Waals surface area contributed by atoms with Gasteiger partial charge in [-0.15, -0.1) is 10.2 Å². The van der Waals surface area contributed by atoms with E-state index in [9.17, 15) is 4.79 Å². The van der Waals surface area contributed by atoms with E-state index in [2.05, 4.69) is 15.5 Å². The van der Waals surface area contributed by atoms with Crippen LogP contribution in [0.25, 0.3) is 10.6 Å². The maximum Gasteiger partial charge on any atom is 0.266 e. The van der Waals surface area contributed by atoms with Gasteiger partial charge < -0.3 is 9.47 Å². The third kappa shape index (κ3) is 4.43. The molecule has 1 N–H and O–H groups in total. The van der Waals surface area contributed by atoms with Crippen LogP contribution in [0.2, 0.25) is 0 Å². The monoisotopic (exact) mass is 383 g/mol. The maximum absolute atomic E-state index is 12.4. The second-order valence-corrected chi connectivity index (χ2v) is 7.07. The van der Waals surface area contributed by atoms with E-state index >= 15 is 0 Å². The zero-order valence-electron chi connectivity index (χ0n) is 15.6. The fourth-order valence-electron chi connectivity index (χ4n) is 2.43. The van der Waals surface area contributed by atoms with E-state index in [1.54, 1.807) is 14.0 Å². The smallest absolute Gasteiger partial charge is 0.266 e. The van der Waals surface area contributed by atoms with Crippen molar-refractivity contribution in [1.29, 1.82) is 0 Å². The fraction of sp³-hybridized carbons (Fsp3) is 0.250. The Balaban J connectivity index is 1.65. The van der Waals surface area contributed by atoms with Crippen LogP contribution >= 0.6 is 11.3 Å². The zero-order chi connectivity index (χ0) is 19.4. The third-order valence-corrected chi connectivity index (χ3v) is 5.11. The Labute approximate surface area is 162 Å². The molecule has 1 aromatic heterocycles. The number of aromatic nitrogens is 2. The Morgan fingerprint density at radius 2 is 1.85 bits per heavy atom. The van der Waals surface area contributed by atoms with E-state index in [1.807, 2.05) is 56.3 Å². The topological polar surface area (TPSA) is 73.3 Å². The van der Waals surface area contributed by atoms with Gasteiger partial charge in [0.15, 0.2) is 6.10 Å². The predicted molar refractivity (Wildman–Crippen MR) is 107 cm³/mol. The average molecular weight is 383 g/mol. The maximum atomic E-state index is 12.4. The van der Waals surface area contributed by atoms with E-state index in [1.165, 1.54) is 11.3 Å². The van der Waals surface area contributed by atoms with Crippen molar-refractivity contribution in [2.75, 3.05) is 12.4 Å². The van der Waals surface area contributed by atoms with Crippen molar-refractivity contribution in [3.05, 3.63) is 53.6 Å². The molecular weight excluding hydrogens is 362 g/mol. The standard InChI is InChI=1S/C20H21N3O3S/c1-12-6-5-7-17(13(12)2)26-14(3)18(24)21-20-23-22-19(27-20)15-8-10-16(25-4)11-9-15/h5-11,14H,1-4H3,(H,21,23,24)/t14-/m1/s1. The summed E-state index contributed by atoms with van der Waals surface area (Å²) >= 11 is 1.31. The Hall–Kier alpha value is -2.93. The van der Waals surface area contributed by atoms with E-state index < -0.39 is 6.10 Å². The number of hydrogen-bond donors (Lipinski definition) is 1. The molecule has 0 bridgehead atoms. The number of nitrogens with one attached hydrogen (secondary N) is 1. The molecule has 0 saturated carbocycles. The quantitative estimate of drug-likeness (QED) is 0.689. The van der Waals surface area contributed by atoms with Crippen LogP contribution in [0.15, 0.2) is 42.5 Å². The minimum Gasteiger partial charge on any atom is -0.497 e. The Kier molecular flexibility index (Phi) is 5.71. The molecule has 3 rings (SSSR count). The van der Waals surface area contributed by atoms with Crippen molar-refractivity contribution in [2.24, 2.45) is 0 Å². The van der Waals surface area contributed by atoms with Crippen molar-refractivity contribution < 1.29 is 14.3 Å².